The van der Waals surface area contributed by atoms with E-state index in [-0.39, 0.29) is 46.3 Å². The summed E-state index contributed by atoms with van der Waals surface area (Å²) in [5, 5.41) is 24.0. The Bertz CT molecular complexity index is 962. The fourth-order valence-corrected chi connectivity index (χ4v) is 7.38. The number of aliphatic hydroxyl groups excluding tert-OH is 1. The second kappa shape index (κ2) is 9.94. The Labute approximate surface area is 207 Å². The Kier molecular flexibility index (Phi) is 7.79. The molecule has 2 N–H and O–H groups in total. The second-order valence-corrected chi connectivity index (χ2v) is 13.0. The molecule has 1 aromatic rings. The molecule has 1 fully saturated rings. The molecule has 8 heteroatoms. The smallest absolute Gasteiger partial charge is 0.226 e. The van der Waals surface area contributed by atoms with Crippen molar-refractivity contribution in [3.63, 3.8) is 0 Å². The molecule has 1 aromatic heterocycles. The maximum absolute atomic E-state index is 13.0. The van der Waals surface area contributed by atoms with Gasteiger partial charge in [-0.15, -0.1) is 11.3 Å². The van der Waals surface area contributed by atoms with Crippen molar-refractivity contribution in [3.05, 3.63) is 10.6 Å². The van der Waals surface area contributed by atoms with Gasteiger partial charge in [0.15, 0.2) is 5.13 Å². The molecule has 1 saturated carbocycles. The molecule has 0 unspecified atom stereocenters. The summed E-state index contributed by atoms with van der Waals surface area (Å²) in [6, 6.07) is 2.09. The Morgan fingerprint density at radius 1 is 1.41 bits per heavy atom. The van der Waals surface area contributed by atoms with E-state index in [0.717, 1.165) is 25.0 Å². The van der Waals surface area contributed by atoms with Gasteiger partial charge in [-0.3, -0.25) is 9.59 Å². The number of rotatable bonds is 6. The normalized spacial score (nSPS) is 29.4. The predicted octanol–water partition coefficient (Wildman–Crippen LogP) is 4.58. The van der Waals surface area contributed by atoms with Crippen LogP contribution >= 0.6 is 11.3 Å². The zero-order chi connectivity index (χ0) is 25.4. The van der Waals surface area contributed by atoms with Gasteiger partial charge in [-0.25, -0.2) is 4.98 Å². The molecular weight excluding hydrogens is 448 g/mol. The van der Waals surface area contributed by atoms with Crippen molar-refractivity contribution in [3.8, 4) is 6.07 Å². The number of aliphatic hydroxyl groups is 1. The number of nitrogens with one attached hydrogen (secondary N) is 1. The molecule has 0 saturated heterocycles. The number of hydrogen-bond donors (Lipinski definition) is 2. The zero-order valence-electron chi connectivity index (χ0n) is 21.6. The van der Waals surface area contributed by atoms with Gasteiger partial charge in [-0.2, -0.15) is 5.26 Å². The summed E-state index contributed by atoms with van der Waals surface area (Å²) in [5.74, 6) is -0.427. The number of aromatic nitrogens is 1. The Balaban J connectivity index is 1.78. The molecule has 2 amide bonds. The van der Waals surface area contributed by atoms with Crippen molar-refractivity contribution in [2.45, 2.75) is 85.7 Å². The van der Waals surface area contributed by atoms with E-state index in [1.54, 1.807) is 23.3 Å². The van der Waals surface area contributed by atoms with Crippen LogP contribution in [0.3, 0.4) is 0 Å². The van der Waals surface area contributed by atoms with Crippen LogP contribution in [0.4, 0.5) is 5.13 Å². The Morgan fingerprint density at radius 3 is 2.71 bits per heavy atom. The summed E-state index contributed by atoms with van der Waals surface area (Å²) in [7, 11) is 1.73. The van der Waals surface area contributed by atoms with Crippen molar-refractivity contribution in [2.75, 3.05) is 18.9 Å². The highest BCUT2D eigenvalue weighted by molar-refractivity contribution is 7.15. The van der Waals surface area contributed by atoms with E-state index in [1.165, 1.54) is 4.88 Å². The van der Waals surface area contributed by atoms with Gasteiger partial charge in [0.2, 0.25) is 11.8 Å². The number of thiazole rings is 1. The lowest BCUT2D eigenvalue weighted by molar-refractivity contribution is -0.143. The van der Waals surface area contributed by atoms with Gasteiger partial charge >= 0.3 is 0 Å². The first-order valence-corrected chi connectivity index (χ1v) is 13.2. The largest absolute Gasteiger partial charge is 0.392 e. The molecule has 6 atom stereocenters. The highest BCUT2D eigenvalue weighted by Gasteiger charge is 2.54. The predicted molar refractivity (Wildman–Crippen MR) is 134 cm³/mol. The lowest BCUT2D eigenvalue weighted by Gasteiger charge is -2.53. The van der Waals surface area contributed by atoms with Gasteiger partial charge in [0, 0.05) is 36.7 Å². The molecule has 0 bridgehead atoms. The summed E-state index contributed by atoms with van der Waals surface area (Å²) in [6.45, 7) is 12.8. The molecule has 1 heterocycles. The van der Waals surface area contributed by atoms with Gasteiger partial charge in [-0.1, -0.05) is 41.5 Å². The standard InChI is InChI=1S/C26H40N4O3S/c1-15(23(33)30(7)12-8-11-27)17-9-10-26(6)13-18-21(16(2)20(26)22(17)32)29-24(34-18)28-19(31)14-25(3,4)5/h15-17,20,22,32H,8-10,12-14H2,1-7H3,(H,28,29,31)/t15-,16+,17-,20+,22-,26+/m0/s1. The molecular formula is C26H40N4O3S. The highest BCUT2D eigenvalue weighted by Crippen LogP contribution is 2.57. The number of carbonyl (C=O) groups excluding carboxylic acids is 2. The molecule has 188 valence electrons. The van der Waals surface area contributed by atoms with Crippen molar-refractivity contribution in [1.29, 1.82) is 5.26 Å². The van der Waals surface area contributed by atoms with Crippen LogP contribution in [0.1, 0.15) is 83.7 Å². The molecule has 3 rings (SSSR count). The van der Waals surface area contributed by atoms with Crippen molar-refractivity contribution in [2.24, 2.45) is 28.6 Å². The Hall–Kier alpha value is -1.98. The summed E-state index contributed by atoms with van der Waals surface area (Å²) in [5.41, 5.74) is 0.812. The van der Waals surface area contributed by atoms with E-state index in [4.69, 9.17) is 10.2 Å². The number of carbonyl (C=O) groups is 2. The minimum atomic E-state index is -0.606. The van der Waals surface area contributed by atoms with Crippen LogP contribution < -0.4 is 5.32 Å². The van der Waals surface area contributed by atoms with E-state index in [0.29, 0.717) is 24.5 Å². The van der Waals surface area contributed by atoms with E-state index in [9.17, 15) is 14.7 Å². The van der Waals surface area contributed by atoms with Gasteiger partial charge in [0.25, 0.3) is 0 Å². The average Bonchev–Trinajstić information content (AvgIpc) is 3.11. The summed E-state index contributed by atoms with van der Waals surface area (Å²) in [4.78, 5) is 33.0. The van der Waals surface area contributed by atoms with Crippen molar-refractivity contribution >= 4 is 28.3 Å². The Morgan fingerprint density at radius 2 is 2.09 bits per heavy atom. The fourth-order valence-electron chi connectivity index (χ4n) is 6.10. The van der Waals surface area contributed by atoms with Crippen LogP contribution in [0.15, 0.2) is 0 Å². The quantitative estimate of drug-likeness (QED) is 0.610. The topological polar surface area (TPSA) is 106 Å². The fraction of sp³-hybridized carbons (Fsp3) is 0.769. The number of amides is 2. The van der Waals surface area contributed by atoms with Crippen LogP contribution in [0.5, 0.6) is 0 Å². The molecule has 0 radical (unpaired) electrons. The highest BCUT2D eigenvalue weighted by atomic mass is 32.1. The second-order valence-electron chi connectivity index (χ2n) is 11.9. The average molecular weight is 489 g/mol. The van der Waals surface area contributed by atoms with E-state index in [1.807, 2.05) is 27.7 Å². The number of nitriles is 1. The molecule has 0 aromatic carbocycles. The van der Waals surface area contributed by atoms with Crippen LogP contribution in [-0.2, 0) is 16.0 Å². The number of fused-ring (bicyclic) bond motifs is 2. The molecule has 0 spiro atoms. The van der Waals surface area contributed by atoms with Crippen LogP contribution in [0.2, 0.25) is 0 Å². The maximum atomic E-state index is 13.0. The molecule has 34 heavy (non-hydrogen) atoms. The molecule has 2 aliphatic carbocycles. The third kappa shape index (κ3) is 5.46. The summed E-state index contributed by atoms with van der Waals surface area (Å²) < 4.78 is 0. The first-order chi connectivity index (χ1) is 15.8. The molecule has 2 aliphatic rings. The summed E-state index contributed by atoms with van der Waals surface area (Å²) in [6.07, 6.45) is 2.70. The third-order valence-electron chi connectivity index (χ3n) is 7.83. The monoisotopic (exact) mass is 488 g/mol. The SMILES string of the molecule is C[C@H](C(=O)N(C)CCC#N)[C@@H]1CC[C@]2(C)Cc3sc(NC(=O)CC(C)(C)C)nc3[C@H](C)[C@@H]2[C@H]1O. The van der Waals surface area contributed by atoms with Gasteiger partial charge in [-0.05, 0) is 41.9 Å². The first-order valence-electron chi connectivity index (χ1n) is 12.4. The first kappa shape index (κ1) is 26.6. The minimum absolute atomic E-state index is 0.00126. The van der Waals surface area contributed by atoms with E-state index >= 15 is 0 Å². The lowest BCUT2D eigenvalue weighted by atomic mass is 9.53. The van der Waals surface area contributed by atoms with E-state index in [2.05, 4.69) is 25.2 Å². The number of nitrogens with zero attached hydrogens (tertiary/aromatic N) is 3. The van der Waals surface area contributed by atoms with Gasteiger partial charge < -0.3 is 15.3 Å². The van der Waals surface area contributed by atoms with Crippen molar-refractivity contribution in [1.82, 2.24) is 9.88 Å². The maximum Gasteiger partial charge on any atom is 0.226 e. The molecule has 7 nitrogen and oxygen atoms in total. The zero-order valence-corrected chi connectivity index (χ0v) is 22.5. The lowest BCUT2D eigenvalue weighted by Crippen LogP contribution is -2.53. The van der Waals surface area contributed by atoms with E-state index < -0.39 is 6.10 Å². The number of hydrogen-bond acceptors (Lipinski definition) is 6. The van der Waals surface area contributed by atoms with Gasteiger partial charge in [0.05, 0.1) is 24.3 Å². The third-order valence-corrected chi connectivity index (χ3v) is 8.81. The van der Waals surface area contributed by atoms with Crippen LogP contribution in [0, 0.1) is 39.9 Å². The van der Waals surface area contributed by atoms with Gasteiger partial charge in [0.1, 0.15) is 0 Å². The van der Waals surface area contributed by atoms with Crippen molar-refractivity contribution < 1.29 is 14.7 Å². The molecule has 0 aliphatic heterocycles. The minimum Gasteiger partial charge on any atom is -0.392 e. The van der Waals surface area contributed by atoms with Crippen LogP contribution in [0.25, 0.3) is 0 Å². The summed E-state index contributed by atoms with van der Waals surface area (Å²) >= 11 is 1.56. The van der Waals surface area contributed by atoms with Crippen LogP contribution in [-0.4, -0.2) is 46.5 Å². The number of anilines is 1.